The van der Waals surface area contributed by atoms with Crippen molar-refractivity contribution in [2.45, 2.75) is 40.0 Å². The summed E-state index contributed by atoms with van der Waals surface area (Å²) in [5, 5.41) is 10.4. The Hall–Kier alpha value is -2.66. The summed E-state index contributed by atoms with van der Waals surface area (Å²) in [6, 6.07) is 15.9. The van der Waals surface area contributed by atoms with Crippen LogP contribution in [-0.4, -0.2) is 29.8 Å². The fraction of sp³-hybridized carbons (Fsp3) is 0.348. The molecule has 32 heavy (non-hydrogen) atoms. The van der Waals surface area contributed by atoms with Crippen molar-refractivity contribution in [2.75, 3.05) is 13.7 Å². The Kier molecular flexibility index (Phi) is 10.4. The number of aromatic nitrogens is 2. The van der Waals surface area contributed by atoms with E-state index in [0.29, 0.717) is 37.4 Å². The largest absolute Gasteiger partial charge is 0.457 e. The highest BCUT2D eigenvalue weighted by atomic mass is 127. The number of benzene rings is 2. The van der Waals surface area contributed by atoms with Gasteiger partial charge in [-0.15, -0.1) is 24.0 Å². The first-order valence-electron chi connectivity index (χ1n) is 10.3. The van der Waals surface area contributed by atoms with Crippen LogP contribution in [0.1, 0.15) is 42.8 Å². The van der Waals surface area contributed by atoms with Crippen LogP contribution in [0, 0.1) is 6.92 Å². The zero-order valence-electron chi connectivity index (χ0n) is 18.8. The van der Waals surface area contributed by atoms with E-state index in [1.165, 1.54) is 0 Å². The van der Waals surface area contributed by atoms with Crippen LogP contribution >= 0.6 is 24.0 Å². The summed E-state index contributed by atoms with van der Waals surface area (Å²) in [6.45, 7) is 7.35. The molecule has 0 fully saturated rings. The minimum absolute atomic E-state index is 0. The molecule has 0 saturated heterocycles. The first-order chi connectivity index (χ1) is 15.1. The van der Waals surface area contributed by atoms with Gasteiger partial charge in [-0.1, -0.05) is 35.5 Å². The number of nitrogens with zero attached hydrogens (tertiary/aromatic N) is 3. The molecule has 0 bridgehead atoms. The van der Waals surface area contributed by atoms with Crippen LogP contribution < -0.4 is 15.4 Å². The lowest BCUT2D eigenvalue weighted by atomic mass is 10.1. The van der Waals surface area contributed by atoms with Gasteiger partial charge in [-0.05, 0) is 44.5 Å². The van der Waals surface area contributed by atoms with E-state index in [1.807, 2.05) is 63.2 Å². The second-order valence-corrected chi connectivity index (χ2v) is 6.95. The van der Waals surface area contributed by atoms with Crippen molar-refractivity contribution in [3.05, 3.63) is 71.4 Å². The molecule has 0 aliphatic heterocycles. The van der Waals surface area contributed by atoms with Crippen LogP contribution in [0.5, 0.6) is 11.5 Å². The minimum Gasteiger partial charge on any atom is -0.457 e. The predicted octanol–water partition coefficient (Wildman–Crippen LogP) is 4.75. The Morgan fingerprint density at radius 2 is 1.88 bits per heavy atom. The second-order valence-electron chi connectivity index (χ2n) is 6.95. The topological polar surface area (TPSA) is 93.8 Å². The highest BCUT2D eigenvalue weighted by Crippen LogP contribution is 2.26. The molecule has 0 amide bonds. The first kappa shape index (κ1) is 25.6. The highest BCUT2D eigenvalue weighted by molar-refractivity contribution is 14.0. The van der Waals surface area contributed by atoms with Crippen LogP contribution in [0.4, 0.5) is 0 Å². The number of para-hydroxylation sites is 1. The molecule has 1 aromatic heterocycles. The van der Waals surface area contributed by atoms with Gasteiger partial charge in [0.25, 0.3) is 0 Å². The Morgan fingerprint density at radius 1 is 1.12 bits per heavy atom. The smallest absolute Gasteiger partial charge is 0.246 e. The average Bonchev–Trinajstić information content (AvgIpc) is 3.25. The Balaban J connectivity index is 0.00000363. The van der Waals surface area contributed by atoms with Gasteiger partial charge in [0.2, 0.25) is 5.89 Å². The lowest BCUT2D eigenvalue weighted by Gasteiger charge is -2.15. The van der Waals surface area contributed by atoms with Gasteiger partial charge in [-0.2, -0.15) is 4.98 Å². The van der Waals surface area contributed by atoms with Crippen molar-refractivity contribution in [1.29, 1.82) is 0 Å². The molecule has 0 saturated carbocycles. The van der Waals surface area contributed by atoms with Crippen LogP contribution in [0.15, 0.2) is 58.0 Å². The summed E-state index contributed by atoms with van der Waals surface area (Å²) in [5.41, 5.74) is 2.15. The lowest BCUT2D eigenvalue weighted by Crippen LogP contribution is -2.36. The third kappa shape index (κ3) is 7.49. The maximum absolute atomic E-state index is 6.09. The molecule has 0 aliphatic carbocycles. The number of ether oxygens (including phenoxy) is 2. The number of aryl methyl sites for hydroxylation is 1. The number of guanidine groups is 1. The number of rotatable bonds is 9. The van der Waals surface area contributed by atoms with E-state index in [4.69, 9.17) is 14.0 Å². The fourth-order valence-electron chi connectivity index (χ4n) is 2.91. The third-order valence-electron chi connectivity index (χ3n) is 4.53. The molecule has 0 spiro atoms. The van der Waals surface area contributed by atoms with Crippen molar-refractivity contribution >= 4 is 29.9 Å². The molecule has 0 aliphatic rings. The van der Waals surface area contributed by atoms with E-state index >= 15 is 0 Å². The normalized spacial score (nSPS) is 12.1. The molecule has 1 heterocycles. The van der Waals surface area contributed by atoms with E-state index < -0.39 is 0 Å². The summed E-state index contributed by atoms with van der Waals surface area (Å²) in [5.74, 6) is 3.21. The molecular weight excluding hydrogens is 521 g/mol. The molecule has 0 radical (unpaired) electrons. The molecule has 2 N–H and O–H groups in total. The Bertz CT molecular complexity index is 994. The summed E-state index contributed by atoms with van der Waals surface area (Å²) < 4.78 is 16.9. The third-order valence-corrected chi connectivity index (χ3v) is 4.53. The van der Waals surface area contributed by atoms with E-state index in [1.54, 1.807) is 7.05 Å². The number of halogens is 1. The predicted molar refractivity (Wildman–Crippen MR) is 134 cm³/mol. The van der Waals surface area contributed by atoms with E-state index in [-0.39, 0.29) is 30.1 Å². The van der Waals surface area contributed by atoms with Crippen molar-refractivity contribution in [3.8, 4) is 11.5 Å². The summed E-state index contributed by atoms with van der Waals surface area (Å²) in [6.07, 6.45) is -0.204. The lowest BCUT2D eigenvalue weighted by molar-refractivity contribution is 0.0683. The van der Waals surface area contributed by atoms with Gasteiger partial charge in [0.05, 0.1) is 6.54 Å². The minimum atomic E-state index is -0.204. The van der Waals surface area contributed by atoms with Crippen LogP contribution in [-0.2, 0) is 17.8 Å². The standard InChI is InChI=1S/C23H29N5O3.HI/c1-5-29-17(3)22-27-21(31-28-22)15-26-23(24-4)25-14-18-12-11-16(2)13-20(18)30-19-9-7-6-8-10-19;/h6-13,17H,5,14-15H2,1-4H3,(H2,24,25,26);1H. The first-order valence-corrected chi connectivity index (χ1v) is 10.3. The van der Waals surface area contributed by atoms with Crippen molar-refractivity contribution in [2.24, 2.45) is 4.99 Å². The molecule has 172 valence electrons. The van der Waals surface area contributed by atoms with Crippen molar-refractivity contribution in [3.63, 3.8) is 0 Å². The van der Waals surface area contributed by atoms with Crippen molar-refractivity contribution < 1.29 is 14.0 Å². The quantitative estimate of drug-likeness (QED) is 0.225. The monoisotopic (exact) mass is 551 g/mol. The molecule has 9 heteroatoms. The SMILES string of the molecule is CCOC(C)c1noc(CNC(=NC)NCc2ccc(C)cc2Oc2ccccc2)n1.I. The summed E-state index contributed by atoms with van der Waals surface area (Å²) in [4.78, 5) is 8.62. The maximum atomic E-state index is 6.09. The maximum Gasteiger partial charge on any atom is 0.246 e. The number of nitrogens with one attached hydrogen (secondary N) is 2. The Labute approximate surface area is 205 Å². The summed E-state index contributed by atoms with van der Waals surface area (Å²) in [7, 11) is 1.71. The van der Waals surface area contributed by atoms with Crippen LogP contribution in [0.25, 0.3) is 0 Å². The van der Waals surface area contributed by atoms with Gasteiger partial charge in [0.15, 0.2) is 11.8 Å². The average molecular weight is 551 g/mol. The molecule has 3 rings (SSSR count). The zero-order chi connectivity index (χ0) is 22.1. The van der Waals surface area contributed by atoms with E-state index in [0.717, 1.165) is 22.6 Å². The molecule has 1 atom stereocenters. The Morgan fingerprint density at radius 3 is 2.59 bits per heavy atom. The van der Waals surface area contributed by atoms with Crippen LogP contribution in [0.2, 0.25) is 0 Å². The van der Waals surface area contributed by atoms with Gasteiger partial charge in [0.1, 0.15) is 17.6 Å². The molecule has 8 nitrogen and oxygen atoms in total. The summed E-state index contributed by atoms with van der Waals surface area (Å²) >= 11 is 0. The fourth-order valence-corrected chi connectivity index (χ4v) is 2.91. The zero-order valence-corrected chi connectivity index (χ0v) is 21.1. The van der Waals surface area contributed by atoms with Gasteiger partial charge in [-0.25, -0.2) is 0 Å². The second kappa shape index (κ2) is 13.0. The molecule has 1 unspecified atom stereocenters. The van der Waals surface area contributed by atoms with Gasteiger partial charge < -0.3 is 24.6 Å². The number of hydrogen-bond donors (Lipinski definition) is 2. The highest BCUT2D eigenvalue weighted by Gasteiger charge is 2.14. The van der Waals surface area contributed by atoms with Gasteiger partial charge >= 0.3 is 0 Å². The van der Waals surface area contributed by atoms with E-state index in [2.05, 4.69) is 31.8 Å². The van der Waals surface area contributed by atoms with Gasteiger partial charge in [0, 0.05) is 25.8 Å². The van der Waals surface area contributed by atoms with Crippen molar-refractivity contribution in [1.82, 2.24) is 20.8 Å². The van der Waals surface area contributed by atoms with Gasteiger partial charge in [-0.3, -0.25) is 4.99 Å². The molecule has 2 aromatic carbocycles. The van der Waals surface area contributed by atoms with Crippen LogP contribution in [0.3, 0.4) is 0 Å². The van der Waals surface area contributed by atoms with E-state index in [9.17, 15) is 0 Å². The number of aliphatic imine (C=N–C) groups is 1. The molecule has 3 aromatic rings. The molecular formula is C23H30IN5O3. The number of hydrogen-bond acceptors (Lipinski definition) is 6.